The van der Waals surface area contributed by atoms with Crippen molar-refractivity contribution in [2.24, 2.45) is 0 Å². The van der Waals surface area contributed by atoms with E-state index in [9.17, 15) is 8.78 Å². The summed E-state index contributed by atoms with van der Waals surface area (Å²) in [6.45, 7) is 3.62. The summed E-state index contributed by atoms with van der Waals surface area (Å²) in [7, 11) is 0. The minimum absolute atomic E-state index is 0.0440. The molecule has 0 aliphatic carbocycles. The molecule has 104 valence electrons. The molecule has 2 aromatic rings. The van der Waals surface area contributed by atoms with Gasteiger partial charge >= 0.3 is 0 Å². The minimum Gasteiger partial charge on any atom is -0.488 e. The third-order valence-corrected chi connectivity index (χ3v) is 2.84. The fraction of sp³-hybridized carbons (Fsp3) is 0.125. The zero-order valence-electron chi connectivity index (χ0n) is 10.9. The van der Waals surface area contributed by atoms with Crippen LogP contribution in [-0.2, 0) is 13.0 Å². The molecule has 0 aliphatic rings. The number of nitrogen functional groups attached to an aromatic ring is 1. The summed E-state index contributed by atoms with van der Waals surface area (Å²) in [5.74, 6) is -0.400. The van der Waals surface area contributed by atoms with Crippen LogP contribution in [0.25, 0.3) is 0 Å². The van der Waals surface area contributed by atoms with Crippen LogP contribution in [0.1, 0.15) is 11.1 Å². The van der Waals surface area contributed by atoms with Crippen LogP contribution in [0.5, 0.6) is 5.75 Å². The first kappa shape index (κ1) is 14.1. The molecule has 0 aliphatic heterocycles. The second-order valence-corrected chi connectivity index (χ2v) is 4.38. The molecule has 0 saturated heterocycles. The van der Waals surface area contributed by atoms with Gasteiger partial charge in [-0.15, -0.1) is 6.58 Å². The lowest BCUT2D eigenvalue weighted by Crippen LogP contribution is -2.02. The van der Waals surface area contributed by atoms with Gasteiger partial charge < -0.3 is 10.5 Å². The van der Waals surface area contributed by atoms with E-state index in [1.54, 1.807) is 24.3 Å². The molecule has 4 heteroatoms. The topological polar surface area (TPSA) is 35.2 Å². The van der Waals surface area contributed by atoms with Gasteiger partial charge in [-0.3, -0.25) is 0 Å². The monoisotopic (exact) mass is 275 g/mol. The lowest BCUT2D eigenvalue weighted by molar-refractivity contribution is 0.296. The van der Waals surface area contributed by atoms with Crippen molar-refractivity contribution in [1.82, 2.24) is 0 Å². The number of anilines is 1. The predicted octanol–water partition coefficient (Wildman–Crippen LogP) is 3.85. The maximum absolute atomic E-state index is 13.5. The summed E-state index contributed by atoms with van der Waals surface area (Å²) in [4.78, 5) is 0. The first-order valence-corrected chi connectivity index (χ1v) is 6.16. The van der Waals surface area contributed by atoms with Gasteiger partial charge in [-0.25, -0.2) is 8.78 Å². The second kappa shape index (κ2) is 6.19. The van der Waals surface area contributed by atoms with Gasteiger partial charge in [0.15, 0.2) is 0 Å². The molecule has 0 spiro atoms. The Bertz CT molecular complexity index is 626. The maximum atomic E-state index is 13.5. The van der Waals surface area contributed by atoms with E-state index in [0.717, 1.165) is 23.8 Å². The van der Waals surface area contributed by atoms with Crippen LogP contribution in [0, 0.1) is 11.6 Å². The summed E-state index contributed by atoms with van der Waals surface area (Å²) in [5.41, 5.74) is 7.36. The van der Waals surface area contributed by atoms with E-state index < -0.39 is 11.6 Å². The quantitative estimate of drug-likeness (QED) is 0.664. The fourth-order valence-corrected chi connectivity index (χ4v) is 1.86. The number of hydrogen-bond acceptors (Lipinski definition) is 2. The smallest absolute Gasteiger partial charge is 0.130 e. The number of halogens is 2. The van der Waals surface area contributed by atoms with E-state index >= 15 is 0 Å². The molecule has 2 aromatic carbocycles. The molecule has 0 radical (unpaired) electrons. The van der Waals surface area contributed by atoms with Crippen LogP contribution in [0.3, 0.4) is 0 Å². The molecule has 20 heavy (non-hydrogen) atoms. The molecule has 2 nitrogen and oxygen atoms in total. The van der Waals surface area contributed by atoms with Crippen LogP contribution in [0.2, 0.25) is 0 Å². The molecule has 0 fully saturated rings. The lowest BCUT2D eigenvalue weighted by Gasteiger charge is -2.12. The van der Waals surface area contributed by atoms with Crippen molar-refractivity contribution < 1.29 is 13.5 Å². The first-order chi connectivity index (χ1) is 9.60. The molecule has 0 unspecified atom stereocenters. The Labute approximate surface area is 116 Å². The highest BCUT2D eigenvalue weighted by Crippen LogP contribution is 2.24. The molecule has 2 N–H and O–H groups in total. The molecule has 0 atom stereocenters. The standard InChI is InChI=1S/C16H15F2NO/c1-2-3-11-9-14(19)5-7-16(11)20-10-12-8-13(17)4-6-15(12)18/h2,4-9H,1,3,10,19H2. The van der Waals surface area contributed by atoms with Crippen LogP contribution >= 0.6 is 0 Å². The van der Waals surface area contributed by atoms with Gasteiger partial charge in [0.05, 0.1) is 0 Å². The van der Waals surface area contributed by atoms with Crippen LogP contribution < -0.4 is 10.5 Å². The fourth-order valence-electron chi connectivity index (χ4n) is 1.86. The highest BCUT2D eigenvalue weighted by Gasteiger charge is 2.07. The number of rotatable bonds is 5. The number of hydrogen-bond donors (Lipinski definition) is 1. The molecular formula is C16H15F2NO. The van der Waals surface area contributed by atoms with Crippen LogP contribution in [0.4, 0.5) is 14.5 Å². The Morgan fingerprint density at radius 3 is 2.65 bits per heavy atom. The molecule has 0 bridgehead atoms. The highest BCUT2D eigenvalue weighted by molar-refractivity contribution is 5.48. The summed E-state index contributed by atoms with van der Waals surface area (Å²) >= 11 is 0. The molecule has 0 aromatic heterocycles. The largest absolute Gasteiger partial charge is 0.488 e. The second-order valence-electron chi connectivity index (χ2n) is 4.38. The van der Waals surface area contributed by atoms with E-state index in [1.165, 1.54) is 0 Å². The van der Waals surface area contributed by atoms with Gasteiger partial charge in [-0.05, 0) is 48.4 Å². The summed E-state index contributed by atoms with van der Waals surface area (Å²) in [6, 6.07) is 8.47. The van der Waals surface area contributed by atoms with Crippen molar-refractivity contribution in [1.29, 1.82) is 0 Å². The number of benzene rings is 2. The third-order valence-electron chi connectivity index (χ3n) is 2.84. The van der Waals surface area contributed by atoms with Crippen molar-refractivity contribution >= 4 is 5.69 Å². The molecule has 0 heterocycles. The Kier molecular flexibility index (Phi) is 4.35. The Morgan fingerprint density at radius 1 is 1.10 bits per heavy atom. The summed E-state index contributed by atoms with van der Waals surface area (Å²) in [6.07, 6.45) is 2.32. The maximum Gasteiger partial charge on any atom is 0.130 e. The lowest BCUT2D eigenvalue weighted by atomic mass is 10.1. The Hall–Kier alpha value is -2.36. The number of ether oxygens (including phenoxy) is 1. The van der Waals surface area contributed by atoms with E-state index in [4.69, 9.17) is 10.5 Å². The first-order valence-electron chi connectivity index (χ1n) is 6.16. The van der Waals surface area contributed by atoms with Crippen molar-refractivity contribution in [3.8, 4) is 5.75 Å². The van der Waals surface area contributed by atoms with Gasteiger partial charge in [0, 0.05) is 11.3 Å². The van der Waals surface area contributed by atoms with E-state index in [0.29, 0.717) is 17.9 Å². The van der Waals surface area contributed by atoms with E-state index in [-0.39, 0.29) is 12.2 Å². The van der Waals surface area contributed by atoms with Gasteiger partial charge in [0.1, 0.15) is 24.0 Å². The van der Waals surface area contributed by atoms with Crippen molar-refractivity contribution in [3.05, 3.63) is 71.8 Å². The Morgan fingerprint density at radius 2 is 1.90 bits per heavy atom. The van der Waals surface area contributed by atoms with E-state index in [2.05, 4.69) is 6.58 Å². The molecule has 0 amide bonds. The van der Waals surface area contributed by atoms with Gasteiger partial charge in [-0.2, -0.15) is 0 Å². The highest BCUT2D eigenvalue weighted by atomic mass is 19.1. The molecule has 0 saturated carbocycles. The molecule has 2 rings (SSSR count). The zero-order chi connectivity index (χ0) is 14.5. The van der Waals surface area contributed by atoms with Crippen molar-refractivity contribution in [2.75, 3.05) is 5.73 Å². The normalized spacial score (nSPS) is 10.3. The summed E-state index contributed by atoms with van der Waals surface area (Å²) < 4.78 is 32.1. The van der Waals surface area contributed by atoms with Crippen molar-refractivity contribution in [2.45, 2.75) is 13.0 Å². The average molecular weight is 275 g/mol. The van der Waals surface area contributed by atoms with Gasteiger partial charge in [-0.1, -0.05) is 6.08 Å². The van der Waals surface area contributed by atoms with Gasteiger partial charge in [0.25, 0.3) is 0 Å². The predicted molar refractivity (Wildman–Crippen MR) is 75.4 cm³/mol. The number of allylic oxidation sites excluding steroid dienone is 1. The van der Waals surface area contributed by atoms with Crippen molar-refractivity contribution in [3.63, 3.8) is 0 Å². The van der Waals surface area contributed by atoms with Crippen LogP contribution in [0.15, 0.2) is 49.1 Å². The SMILES string of the molecule is C=CCc1cc(N)ccc1OCc1cc(F)ccc1F. The van der Waals surface area contributed by atoms with E-state index in [1.807, 2.05) is 0 Å². The number of nitrogens with two attached hydrogens (primary N) is 1. The summed E-state index contributed by atoms with van der Waals surface area (Å²) in [5, 5.41) is 0. The Balaban J connectivity index is 2.18. The average Bonchev–Trinajstić information content (AvgIpc) is 2.42. The minimum atomic E-state index is -0.493. The molecular weight excluding hydrogens is 260 g/mol. The van der Waals surface area contributed by atoms with Gasteiger partial charge in [0.2, 0.25) is 0 Å². The van der Waals surface area contributed by atoms with Crippen LogP contribution in [-0.4, -0.2) is 0 Å². The third kappa shape index (κ3) is 3.35. The zero-order valence-corrected chi connectivity index (χ0v) is 10.9.